The fraction of sp³-hybridized carbons (Fsp3) is 0.515. The number of nitrogens with one attached hydrogen (secondary N) is 3. The van der Waals surface area contributed by atoms with Gasteiger partial charge in [-0.2, -0.15) is 0 Å². The van der Waals surface area contributed by atoms with Crippen molar-refractivity contribution < 1.29 is 169 Å². The van der Waals surface area contributed by atoms with Crippen LogP contribution in [-0.2, 0) is 99.9 Å². The van der Waals surface area contributed by atoms with Gasteiger partial charge in [0.1, 0.15) is 24.4 Å². The Labute approximate surface area is 822 Å². The van der Waals surface area contributed by atoms with Gasteiger partial charge in [0, 0.05) is 153 Å². The molecule has 7 N–H and O–H groups in total. The number of hydrogen-bond donors (Lipinski definition) is 5. The fourth-order valence-corrected chi connectivity index (χ4v) is 16.5. The topological polar surface area (TPSA) is 489 Å². The molecule has 3 heterocycles. The van der Waals surface area contributed by atoms with Crippen molar-refractivity contribution in [1.29, 1.82) is 0 Å². The van der Waals surface area contributed by atoms with Gasteiger partial charge in [0.05, 0.1) is 85.7 Å². The average Bonchev–Trinajstić information content (AvgIpc) is 0.737. The molecule has 3 amide bonds. The molecular weight excluding hydrogens is 1970 g/mol. The van der Waals surface area contributed by atoms with Gasteiger partial charge in [0.15, 0.2) is 6.10 Å². The zero-order chi connectivity index (χ0) is 97.5. The van der Waals surface area contributed by atoms with Crippen molar-refractivity contribution in [2.75, 3.05) is 67.4 Å². The van der Waals surface area contributed by atoms with Crippen LogP contribution in [0.2, 0.25) is 0 Å². The first-order valence-electron chi connectivity index (χ1n) is 44.6. The number of nitrogens with zero attached hydrogens (tertiary/aromatic N) is 6. The molecule has 3 aliphatic rings. The van der Waals surface area contributed by atoms with Crippen LogP contribution >= 0.6 is 11.6 Å². The van der Waals surface area contributed by atoms with E-state index in [1.807, 2.05) is 141 Å². The SMILES string of the molecule is CCOC(=O)CCCCCO[C@@]1(C(=O)OC)OC([C@H](C)[C@@H](CNC(=O)c2ccc(-c3ccccc3)cc2)OC(C)=O)[C@H](C)[C@H]([NH3+])C1O.CCOC(=O)CCCCCO[C@]1(C(=O)OC)C[C@@H](N=[N+]=[N-])[C@@H](C)C([C@H](C)[C@@H](CNC(=O)c2ccc(-c3ccccc3)cc2)OC(C)=O)O1.COC(=O)[C@]1(Cl)C[C@@H](N=[N+]=[N-])[C@@H](C)C([C@H](C)[C@@H](CNC(=O)c2ccc(-c3ccccc3)cc2)OC(C)=O)O1.[Ac]. The van der Waals surface area contributed by atoms with Gasteiger partial charge in [-0.05, 0) is 132 Å². The van der Waals surface area contributed by atoms with Crippen molar-refractivity contribution in [1.82, 2.24) is 16.0 Å². The van der Waals surface area contributed by atoms with Gasteiger partial charge in [-0.25, -0.2) is 14.4 Å². The molecule has 4 unspecified atom stereocenters. The third kappa shape index (κ3) is 32.4. The number of quaternary nitrogens is 1. The Kier molecular flexibility index (Phi) is 47.1. The van der Waals surface area contributed by atoms with Crippen LogP contribution in [0.25, 0.3) is 54.3 Å². The molecule has 35 nitrogen and oxygen atoms in total. The number of amides is 3. The summed E-state index contributed by atoms with van der Waals surface area (Å²) in [5, 5.41) is 25.6. The van der Waals surface area contributed by atoms with E-state index >= 15 is 0 Å². The Morgan fingerprint density at radius 3 is 1.13 bits per heavy atom. The summed E-state index contributed by atoms with van der Waals surface area (Å²) in [6.07, 6.45) is -2.64. The van der Waals surface area contributed by atoms with E-state index in [2.05, 4.69) is 41.7 Å². The van der Waals surface area contributed by atoms with Gasteiger partial charge in [0.2, 0.25) is 5.06 Å². The van der Waals surface area contributed by atoms with E-state index in [9.17, 15) is 63.4 Å². The maximum absolute atomic E-state index is 13.2. The molecular formula is C97H126AcClN10O25+. The van der Waals surface area contributed by atoms with Crippen molar-refractivity contribution in [3.8, 4) is 33.4 Å². The van der Waals surface area contributed by atoms with Crippen molar-refractivity contribution in [2.24, 2.45) is 45.7 Å². The molecule has 134 heavy (non-hydrogen) atoms. The zero-order valence-corrected chi connectivity index (χ0v) is 83.9. The van der Waals surface area contributed by atoms with E-state index in [1.165, 1.54) is 42.1 Å². The number of ether oxygens (including phenoxy) is 13. The van der Waals surface area contributed by atoms with Gasteiger partial charge in [0.25, 0.3) is 23.5 Å². The largest absolute Gasteiger partial charge is 0.466 e. The monoisotopic (exact) mass is 2090 g/mol. The van der Waals surface area contributed by atoms with E-state index in [0.717, 1.165) is 33.4 Å². The number of carbonyl (C=O) groups excluding carboxylic acids is 11. The number of carbonyl (C=O) groups is 11. The molecule has 3 fully saturated rings. The number of unbranched alkanes of at least 4 members (excludes halogenated alkanes) is 4. The van der Waals surface area contributed by atoms with E-state index in [0.29, 0.717) is 68.4 Å². The van der Waals surface area contributed by atoms with Crippen LogP contribution in [0.15, 0.2) is 174 Å². The maximum atomic E-state index is 13.2. The molecule has 0 aromatic heterocycles. The van der Waals surface area contributed by atoms with Crippen LogP contribution in [0.4, 0.5) is 0 Å². The molecule has 3 aliphatic heterocycles. The maximum Gasteiger partial charge on any atom is 0.369 e. The summed E-state index contributed by atoms with van der Waals surface area (Å²) < 4.78 is 72.4. The number of aliphatic hydroxyl groups excluding tert-OH is 1. The minimum atomic E-state index is -2.18. The summed E-state index contributed by atoms with van der Waals surface area (Å²) in [7, 11) is 3.55. The first-order chi connectivity index (χ1) is 63.6. The molecule has 0 aliphatic carbocycles. The quantitative estimate of drug-likeness (QED) is 0.00452. The molecule has 0 saturated carbocycles. The third-order valence-corrected chi connectivity index (χ3v) is 24.1. The number of hydrogen-bond acceptors (Lipinski definition) is 27. The van der Waals surface area contributed by atoms with E-state index in [4.69, 9.17) is 78.7 Å². The first-order valence-corrected chi connectivity index (χ1v) is 45.0. The summed E-state index contributed by atoms with van der Waals surface area (Å²) in [6, 6.07) is 48.7. The fourth-order valence-electron chi connectivity index (χ4n) is 16.2. The Bertz CT molecular complexity index is 4890. The number of azide groups is 2. The van der Waals surface area contributed by atoms with E-state index in [1.54, 1.807) is 77.9 Å². The number of benzene rings is 6. The minimum absolute atomic E-state index is 0. The second-order valence-corrected chi connectivity index (χ2v) is 33.5. The summed E-state index contributed by atoms with van der Waals surface area (Å²) in [4.78, 5) is 143. The van der Waals surface area contributed by atoms with Crippen LogP contribution in [-0.4, -0.2) is 215 Å². The standard InChI is InChI=1S/C35H46N4O9.C35H48N2O10.C27H31ClN4O6.Ac/c1-6-45-31(41)15-11-8-12-20-46-35(34(43)44-5)21-29(38-39-36)23(2)32(48-35)24(3)30(47-25(4)40)22-37-33(42)28-18-16-27(17-19-28)26-13-9-7-10-14-26;1-6-44-29(39)15-11-8-12-20-45-35(34(42)43-5)32(40)30(36)23(3)31(47-35)22(2)28(46-24(4)38)21-37-33(41)27-18-16-26(17-19-27)25-13-9-7-10-14-25;1-16-22(31-32-29)14-27(28,26(35)36-4)38-24(16)17(2)23(37-18(3)33)15-30-25(34)21-12-10-20(11-13-21)19-8-6-5-7-9-19;/h7,9-10,13-14,16-19,23-24,29-30,32H,6,8,11-12,15,20-22H2,1-5H3,(H,37,42);7,9-10,13-14,16-19,22-23,28,30-32,40H,6,8,11-12,15,20-21,36H2,1-5H3,(H,37,41);5-13,16-17,22-24H,14-15H2,1-4H3,(H,30,34);/p+1/t23-,24-,29-,30-,32?,35-;22-,23-,28-,30+,31?,32?,35-;16-,17-,22-,23-,24?,27+;/m111./s1. The van der Waals surface area contributed by atoms with Crippen LogP contribution in [0.5, 0.6) is 0 Å². The molecule has 0 bridgehead atoms. The predicted molar refractivity (Wildman–Crippen MR) is 489 cm³/mol. The third-order valence-electron chi connectivity index (χ3n) is 23.7. The normalized spacial score (nSPS) is 22.9. The van der Waals surface area contributed by atoms with Gasteiger partial charge in [-0.15, -0.1) is 0 Å². The Hall–Kier alpha value is -10.4. The Morgan fingerprint density at radius 2 is 0.791 bits per heavy atom. The van der Waals surface area contributed by atoms with E-state index in [-0.39, 0.29) is 138 Å². The summed E-state index contributed by atoms with van der Waals surface area (Å²) in [6.45, 7) is 18.7. The molecule has 6 aromatic rings. The number of alkyl halides is 1. The first kappa shape index (κ1) is 112. The molecule has 723 valence electrons. The Balaban J connectivity index is 0.000000310. The van der Waals surface area contributed by atoms with Crippen LogP contribution in [0.1, 0.15) is 171 Å². The molecule has 19 atom stereocenters. The van der Waals surface area contributed by atoms with E-state index < -0.39 is 143 Å². The van der Waals surface area contributed by atoms with Crippen molar-refractivity contribution in [3.05, 3.63) is 201 Å². The smallest absolute Gasteiger partial charge is 0.369 e. The summed E-state index contributed by atoms with van der Waals surface area (Å²) in [5.41, 5.74) is 29.8. The number of esters is 8. The Morgan fingerprint density at radius 1 is 0.463 bits per heavy atom. The number of rotatable bonds is 42. The zero-order valence-electron chi connectivity index (χ0n) is 78.4. The van der Waals surface area contributed by atoms with Crippen LogP contribution in [0.3, 0.4) is 0 Å². The summed E-state index contributed by atoms with van der Waals surface area (Å²) >= 11 is 6.48. The molecule has 6 aromatic carbocycles. The number of aliphatic hydroxyl groups is 1. The number of methoxy groups -OCH3 is 3. The molecule has 3 saturated heterocycles. The average molecular weight is 2090 g/mol. The molecule has 9 rings (SSSR count). The van der Waals surface area contributed by atoms with Crippen LogP contribution in [0, 0.1) is 79.6 Å². The molecule has 0 spiro atoms. The number of halogens is 1. The van der Waals surface area contributed by atoms with Crippen molar-refractivity contribution in [2.45, 2.75) is 218 Å². The van der Waals surface area contributed by atoms with Crippen molar-refractivity contribution >= 4 is 77.1 Å². The van der Waals surface area contributed by atoms with Crippen LogP contribution < -0.4 is 21.7 Å². The molecule has 1 radical (unpaired) electrons. The second-order valence-electron chi connectivity index (χ2n) is 32.9. The van der Waals surface area contributed by atoms with Gasteiger partial charge < -0.3 is 88.4 Å². The van der Waals surface area contributed by atoms with Crippen molar-refractivity contribution in [3.63, 3.8) is 0 Å². The van der Waals surface area contributed by atoms with Gasteiger partial charge in [-0.1, -0.05) is 204 Å². The van der Waals surface area contributed by atoms with Gasteiger partial charge in [-0.3, -0.25) is 38.4 Å². The van der Waals surface area contributed by atoms with Gasteiger partial charge >= 0.3 is 53.5 Å². The predicted octanol–water partition coefficient (Wildman–Crippen LogP) is 13.3. The molecule has 37 heteroatoms. The minimum Gasteiger partial charge on any atom is -0.466 e. The summed E-state index contributed by atoms with van der Waals surface area (Å²) in [5.74, 6) is -12.9. The second kappa shape index (κ2) is 56.2.